The fourth-order valence-electron chi connectivity index (χ4n) is 9.84. The van der Waals surface area contributed by atoms with E-state index in [4.69, 9.17) is 23.8 Å². The van der Waals surface area contributed by atoms with Crippen molar-refractivity contribution >= 4 is 97.2 Å². The highest BCUT2D eigenvalue weighted by Crippen LogP contribution is 2.46. The lowest BCUT2D eigenvalue weighted by molar-refractivity contribution is 0.668. The number of rotatable bonds is 5. The third kappa shape index (κ3) is 5.22. The Morgan fingerprint density at radius 2 is 0.984 bits per heavy atom. The Morgan fingerprint density at radius 1 is 0.359 bits per heavy atom. The Hall–Kier alpha value is -8.39. The van der Waals surface area contributed by atoms with Gasteiger partial charge in [-0.15, -0.1) is 11.3 Å². The standard InChI is InChI=1S/C57H32N4O2S/c1-3-13-33(14-4-1)55-58-56(35-26-29-46-42(32-35)38-17-7-9-22-45(38)62-46)60-57(59-55)41-21-12-23-48-51(41)43-31-34(25-28-47(43)63-48)37-19-11-20-40-52-44(61(54(37)40)36-15-5-2-6-16-36)27-30-50-53(52)39-18-8-10-24-49(39)64-50/h1-32H. The lowest BCUT2D eigenvalue weighted by atomic mass is 9.98. The molecule has 0 bridgehead atoms. The normalized spacial score (nSPS) is 12.1. The SMILES string of the molecule is c1ccc(-c2nc(-c3ccc4oc5ccccc5c4c3)nc(-c3cccc4oc5ccc(-c6cccc7c8c9c(ccc8n(-c8ccccc8)c67)sc6ccccc69)cc5c34)n2)cc1. The number of hydrogen-bond donors (Lipinski definition) is 0. The van der Waals surface area contributed by atoms with E-state index in [0.717, 1.165) is 82.9 Å². The van der Waals surface area contributed by atoms with Crippen LogP contribution in [-0.2, 0) is 0 Å². The molecule has 0 aliphatic heterocycles. The number of thiophene rings is 1. The molecule has 0 atom stereocenters. The van der Waals surface area contributed by atoms with Crippen molar-refractivity contribution in [3.8, 4) is 51.0 Å². The van der Waals surface area contributed by atoms with Gasteiger partial charge in [0.2, 0.25) is 0 Å². The van der Waals surface area contributed by atoms with Crippen LogP contribution in [0.5, 0.6) is 0 Å². The van der Waals surface area contributed by atoms with Gasteiger partial charge in [0.05, 0.1) is 11.0 Å². The number of benzene rings is 9. The Labute approximate surface area is 368 Å². The molecular weight excluding hydrogens is 805 g/mol. The highest BCUT2D eigenvalue weighted by atomic mass is 32.1. The quantitative estimate of drug-likeness (QED) is 0.173. The van der Waals surface area contributed by atoms with Crippen LogP contribution in [0.25, 0.3) is 137 Å². The summed E-state index contributed by atoms with van der Waals surface area (Å²) in [5, 5.41) is 9.09. The molecule has 0 radical (unpaired) electrons. The zero-order valence-electron chi connectivity index (χ0n) is 34.0. The Balaban J connectivity index is 1.01. The molecule has 0 aliphatic carbocycles. The van der Waals surface area contributed by atoms with Crippen LogP contribution in [0.3, 0.4) is 0 Å². The van der Waals surface area contributed by atoms with Gasteiger partial charge < -0.3 is 13.4 Å². The van der Waals surface area contributed by atoms with E-state index in [2.05, 4.69) is 126 Å². The molecule has 14 rings (SSSR count). The van der Waals surface area contributed by atoms with Crippen LogP contribution in [0, 0.1) is 0 Å². The van der Waals surface area contributed by atoms with Crippen LogP contribution in [0.1, 0.15) is 0 Å². The average Bonchev–Trinajstić information content (AvgIpc) is 4.12. The number of furan rings is 2. The molecule has 5 heterocycles. The summed E-state index contributed by atoms with van der Waals surface area (Å²) in [6.07, 6.45) is 0. The Morgan fingerprint density at radius 3 is 1.86 bits per heavy atom. The number of fused-ring (bicyclic) bond motifs is 13. The topological polar surface area (TPSA) is 69.9 Å². The maximum atomic E-state index is 6.64. The number of aromatic nitrogens is 4. The van der Waals surface area contributed by atoms with Gasteiger partial charge in [-0.2, -0.15) is 0 Å². The zero-order chi connectivity index (χ0) is 41.9. The van der Waals surface area contributed by atoms with Crippen LogP contribution in [0.15, 0.2) is 203 Å². The van der Waals surface area contributed by atoms with Crippen molar-refractivity contribution in [1.29, 1.82) is 0 Å². The fourth-order valence-corrected chi connectivity index (χ4v) is 11.0. The van der Waals surface area contributed by atoms with Crippen molar-refractivity contribution in [3.05, 3.63) is 194 Å². The molecule has 0 unspecified atom stereocenters. The summed E-state index contributed by atoms with van der Waals surface area (Å²) in [5.41, 5.74) is 11.6. The number of nitrogens with zero attached hydrogens (tertiary/aromatic N) is 4. The first-order valence-corrected chi connectivity index (χ1v) is 22.2. The van der Waals surface area contributed by atoms with Gasteiger partial charge in [0.25, 0.3) is 0 Å². The summed E-state index contributed by atoms with van der Waals surface area (Å²) in [6.45, 7) is 0. The van der Waals surface area contributed by atoms with Gasteiger partial charge in [-0.1, -0.05) is 121 Å². The van der Waals surface area contributed by atoms with Crippen molar-refractivity contribution < 1.29 is 8.83 Å². The van der Waals surface area contributed by atoms with Crippen molar-refractivity contribution in [2.24, 2.45) is 0 Å². The monoisotopic (exact) mass is 836 g/mol. The van der Waals surface area contributed by atoms with E-state index in [1.165, 1.54) is 36.5 Å². The van der Waals surface area contributed by atoms with Crippen molar-refractivity contribution in [2.45, 2.75) is 0 Å². The summed E-state index contributed by atoms with van der Waals surface area (Å²) >= 11 is 1.86. The molecule has 7 heteroatoms. The minimum absolute atomic E-state index is 0.568. The van der Waals surface area contributed by atoms with E-state index in [1.807, 2.05) is 84.1 Å². The second-order valence-electron chi connectivity index (χ2n) is 16.3. The van der Waals surface area contributed by atoms with Gasteiger partial charge in [-0.3, -0.25) is 0 Å². The molecule has 298 valence electrons. The molecule has 0 saturated heterocycles. The fraction of sp³-hybridized carbons (Fsp3) is 0. The van der Waals surface area contributed by atoms with Gasteiger partial charge in [0, 0.05) is 80.4 Å². The van der Waals surface area contributed by atoms with E-state index < -0.39 is 0 Å². The van der Waals surface area contributed by atoms with Crippen LogP contribution >= 0.6 is 11.3 Å². The van der Waals surface area contributed by atoms with Gasteiger partial charge in [-0.05, 0) is 78.4 Å². The number of hydrogen-bond acceptors (Lipinski definition) is 6. The van der Waals surface area contributed by atoms with Crippen LogP contribution < -0.4 is 0 Å². The van der Waals surface area contributed by atoms with Crippen molar-refractivity contribution in [1.82, 2.24) is 19.5 Å². The predicted molar refractivity (Wildman–Crippen MR) is 263 cm³/mol. The van der Waals surface area contributed by atoms with Gasteiger partial charge in [0.15, 0.2) is 17.5 Å². The Kier molecular flexibility index (Phi) is 7.46. The van der Waals surface area contributed by atoms with Crippen LogP contribution in [0.2, 0.25) is 0 Å². The third-order valence-corrected chi connectivity index (χ3v) is 13.8. The van der Waals surface area contributed by atoms with E-state index in [9.17, 15) is 0 Å². The molecule has 0 N–H and O–H groups in total. The van der Waals surface area contributed by atoms with Crippen molar-refractivity contribution in [2.75, 3.05) is 0 Å². The first-order valence-electron chi connectivity index (χ1n) is 21.3. The smallest absolute Gasteiger partial charge is 0.164 e. The second-order valence-corrected chi connectivity index (χ2v) is 17.4. The minimum atomic E-state index is 0.568. The molecule has 5 aromatic heterocycles. The first-order chi connectivity index (χ1) is 31.7. The van der Waals surface area contributed by atoms with E-state index in [1.54, 1.807) is 0 Å². The van der Waals surface area contributed by atoms with E-state index in [0.29, 0.717) is 17.5 Å². The molecule has 0 saturated carbocycles. The van der Waals surface area contributed by atoms with E-state index >= 15 is 0 Å². The number of para-hydroxylation sites is 3. The zero-order valence-corrected chi connectivity index (χ0v) is 34.8. The summed E-state index contributed by atoms with van der Waals surface area (Å²) in [4.78, 5) is 15.5. The maximum Gasteiger partial charge on any atom is 0.164 e. The van der Waals surface area contributed by atoms with Crippen molar-refractivity contribution in [3.63, 3.8) is 0 Å². The molecule has 14 aromatic rings. The lowest BCUT2D eigenvalue weighted by Gasteiger charge is -2.12. The summed E-state index contributed by atoms with van der Waals surface area (Å²) in [6, 6.07) is 67.9. The lowest BCUT2D eigenvalue weighted by Crippen LogP contribution is -2.00. The molecule has 9 aromatic carbocycles. The minimum Gasteiger partial charge on any atom is -0.456 e. The summed E-state index contributed by atoms with van der Waals surface area (Å²) < 4.78 is 17.8. The maximum absolute atomic E-state index is 6.64. The van der Waals surface area contributed by atoms with Gasteiger partial charge >= 0.3 is 0 Å². The average molecular weight is 837 g/mol. The molecule has 0 spiro atoms. The van der Waals surface area contributed by atoms with Crippen LogP contribution in [0.4, 0.5) is 0 Å². The van der Waals surface area contributed by atoms with Gasteiger partial charge in [0.1, 0.15) is 22.3 Å². The second kappa shape index (κ2) is 13.6. The Bertz CT molecular complexity index is 4200. The summed E-state index contributed by atoms with van der Waals surface area (Å²) in [7, 11) is 0. The molecule has 0 fully saturated rings. The van der Waals surface area contributed by atoms with Gasteiger partial charge in [-0.25, -0.2) is 15.0 Å². The highest BCUT2D eigenvalue weighted by molar-refractivity contribution is 7.26. The predicted octanol–water partition coefficient (Wildman–Crippen LogP) is 15.8. The van der Waals surface area contributed by atoms with E-state index in [-0.39, 0.29) is 0 Å². The molecule has 6 nitrogen and oxygen atoms in total. The molecular formula is C57H32N4O2S. The molecule has 0 aliphatic rings. The molecule has 0 amide bonds. The van der Waals surface area contributed by atoms with Crippen LogP contribution in [-0.4, -0.2) is 19.5 Å². The molecule has 64 heavy (non-hydrogen) atoms. The highest BCUT2D eigenvalue weighted by Gasteiger charge is 2.23. The summed E-state index contributed by atoms with van der Waals surface area (Å²) in [5.74, 6) is 1.74. The third-order valence-electron chi connectivity index (χ3n) is 12.7. The first kappa shape index (κ1) is 35.2. The largest absolute Gasteiger partial charge is 0.456 e.